The standard InChI is InChI=1S/2C15H25NO3.C7H8ClN3O4S2.C4H6O4/c2*1-12(2)16-10-14(17)11-19-15-6-4-13(5-7-15)8-9-18-3;8-4-1-5-7(2-6(4)16(9,12)13)17(14,15)11-3-10-5;5-3(6)1-2-4(7)8/h2*4-7,12,14,16-17H,8-11H2,1-3H3;1-2,10-11H,3H2,(H2,9,12,13);1-2H2,(H,5,6)(H,7,8). The van der Waals surface area contributed by atoms with Crippen LogP contribution in [0.2, 0.25) is 5.02 Å². The molecule has 4 rings (SSSR count). The average Bonchev–Trinajstić information content (AvgIpc) is 3.21. The van der Waals surface area contributed by atoms with Crippen LogP contribution in [0.4, 0.5) is 5.69 Å². The summed E-state index contributed by atoms with van der Waals surface area (Å²) in [5, 5.41) is 49.1. The van der Waals surface area contributed by atoms with E-state index in [-0.39, 0.29) is 35.1 Å². The maximum absolute atomic E-state index is 11.6. The van der Waals surface area contributed by atoms with Gasteiger partial charge in [-0.15, -0.1) is 0 Å². The van der Waals surface area contributed by atoms with Gasteiger partial charge < -0.3 is 55.3 Å². The summed E-state index contributed by atoms with van der Waals surface area (Å²) in [4.78, 5) is 18.7. The Balaban J connectivity index is 0.000000435. The highest BCUT2D eigenvalue weighted by Crippen LogP contribution is 2.32. The highest BCUT2D eigenvalue weighted by atomic mass is 35.5. The fourth-order valence-corrected chi connectivity index (χ4v) is 7.11. The van der Waals surface area contributed by atoms with Gasteiger partial charge >= 0.3 is 11.9 Å². The number of primary sulfonamides is 1. The van der Waals surface area contributed by atoms with Crippen molar-refractivity contribution in [3.63, 3.8) is 0 Å². The van der Waals surface area contributed by atoms with Gasteiger partial charge in [-0.25, -0.2) is 22.0 Å². The van der Waals surface area contributed by atoms with E-state index in [1.54, 1.807) is 14.2 Å². The molecule has 0 saturated heterocycles. The third-order valence-corrected chi connectivity index (χ3v) is 11.0. The smallest absolute Gasteiger partial charge is 0.303 e. The van der Waals surface area contributed by atoms with Crippen LogP contribution in [-0.2, 0) is 52.0 Å². The number of carboxylic acids is 2. The van der Waals surface area contributed by atoms with Gasteiger partial charge in [0.2, 0.25) is 20.0 Å². The Bertz CT molecular complexity index is 1930. The summed E-state index contributed by atoms with van der Waals surface area (Å²) in [5.74, 6) is -0.589. The predicted molar refractivity (Wildman–Crippen MR) is 239 cm³/mol. The Hall–Kier alpha value is -4.13. The maximum Gasteiger partial charge on any atom is 0.303 e. The van der Waals surface area contributed by atoms with Crippen LogP contribution in [0.15, 0.2) is 70.5 Å². The van der Waals surface area contributed by atoms with Gasteiger partial charge in [0.05, 0.1) is 43.4 Å². The molecule has 0 fully saturated rings. The van der Waals surface area contributed by atoms with Crippen LogP contribution in [0.25, 0.3) is 0 Å². The molecule has 19 nitrogen and oxygen atoms in total. The molecule has 10 N–H and O–H groups in total. The number of halogens is 1. The number of benzene rings is 3. The molecule has 0 radical (unpaired) electrons. The molecule has 2 atom stereocenters. The first-order valence-electron chi connectivity index (χ1n) is 19.9. The van der Waals surface area contributed by atoms with Crippen molar-refractivity contribution in [2.24, 2.45) is 5.14 Å². The molecule has 3 aromatic carbocycles. The van der Waals surface area contributed by atoms with E-state index in [1.807, 2.05) is 76.2 Å². The van der Waals surface area contributed by atoms with E-state index in [4.69, 9.17) is 45.9 Å². The van der Waals surface area contributed by atoms with E-state index in [1.165, 1.54) is 17.2 Å². The van der Waals surface area contributed by atoms with E-state index in [9.17, 15) is 36.6 Å². The number of carbonyl (C=O) groups is 2. The lowest BCUT2D eigenvalue weighted by molar-refractivity contribution is -0.143. The molecular weight excluding hydrogens is 886 g/mol. The molecule has 2 unspecified atom stereocenters. The van der Waals surface area contributed by atoms with Crippen LogP contribution in [0, 0.1) is 0 Å². The largest absolute Gasteiger partial charge is 0.491 e. The van der Waals surface area contributed by atoms with Crippen LogP contribution in [0.1, 0.15) is 51.7 Å². The summed E-state index contributed by atoms with van der Waals surface area (Å²) in [7, 11) is -4.40. The quantitative estimate of drug-likeness (QED) is 0.0700. The van der Waals surface area contributed by atoms with Gasteiger partial charge in [-0.1, -0.05) is 63.6 Å². The zero-order chi connectivity index (χ0) is 47.6. The number of aliphatic hydroxyl groups is 2. The first-order valence-corrected chi connectivity index (χ1v) is 23.3. The second-order valence-corrected chi connectivity index (χ2v) is 18.1. The van der Waals surface area contributed by atoms with Crippen molar-refractivity contribution >= 4 is 49.3 Å². The maximum atomic E-state index is 11.6. The zero-order valence-electron chi connectivity index (χ0n) is 36.5. The van der Waals surface area contributed by atoms with Crippen LogP contribution < -0.4 is 35.3 Å². The van der Waals surface area contributed by atoms with E-state index in [0.717, 1.165) is 43.6 Å². The molecule has 0 aliphatic carbocycles. The van der Waals surface area contributed by atoms with Gasteiger partial charge in [0, 0.05) is 39.4 Å². The summed E-state index contributed by atoms with van der Waals surface area (Å²) < 4.78 is 69.0. The van der Waals surface area contributed by atoms with Crippen molar-refractivity contribution in [3.8, 4) is 11.5 Å². The van der Waals surface area contributed by atoms with Crippen LogP contribution in [0.3, 0.4) is 0 Å². The van der Waals surface area contributed by atoms with Gasteiger partial charge in [-0.05, 0) is 60.4 Å². The first kappa shape index (κ1) is 56.9. The monoisotopic (exact) mass is 949 g/mol. The molecule has 356 valence electrons. The van der Waals surface area contributed by atoms with E-state index < -0.39 is 49.1 Å². The molecular formula is C41H64ClN5O14S2. The molecule has 1 aliphatic rings. The molecule has 0 amide bonds. The first-order chi connectivity index (χ1) is 29.6. The van der Waals surface area contributed by atoms with Crippen molar-refractivity contribution < 1.29 is 65.8 Å². The van der Waals surface area contributed by atoms with Crippen molar-refractivity contribution in [1.82, 2.24) is 15.4 Å². The van der Waals surface area contributed by atoms with Crippen molar-refractivity contribution in [1.29, 1.82) is 0 Å². The second kappa shape index (κ2) is 30.1. The fourth-order valence-electron chi connectivity index (χ4n) is 4.82. The molecule has 0 aromatic heterocycles. The number of fused-ring (bicyclic) bond motifs is 1. The van der Waals surface area contributed by atoms with Gasteiger partial charge in [0.15, 0.2) is 0 Å². The average molecular weight is 951 g/mol. The number of sulfonamides is 2. The van der Waals surface area contributed by atoms with Crippen LogP contribution in [0.5, 0.6) is 11.5 Å². The second-order valence-electron chi connectivity index (χ2n) is 14.4. The number of nitrogens with one attached hydrogen (secondary N) is 4. The van der Waals surface area contributed by atoms with Crippen LogP contribution in [-0.4, -0.2) is 134 Å². The van der Waals surface area contributed by atoms with Crippen molar-refractivity contribution in [2.45, 2.75) is 87.5 Å². The topological polar surface area (TPSA) is 294 Å². The summed E-state index contributed by atoms with van der Waals surface area (Å²) >= 11 is 5.72. The number of carboxylic acid groups (broad SMARTS) is 2. The number of aliphatic carboxylic acids is 2. The fraction of sp³-hybridized carbons (Fsp3) is 0.512. The zero-order valence-corrected chi connectivity index (χ0v) is 38.9. The summed E-state index contributed by atoms with van der Waals surface area (Å²) in [6, 6.07) is 18.7. The molecule has 63 heavy (non-hydrogen) atoms. The number of hydrogen-bond acceptors (Lipinski definition) is 15. The predicted octanol–water partition coefficient (Wildman–Crippen LogP) is 2.81. The minimum absolute atomic E-state index is 0.0143. The number of anilines is 1. The van der Waals surface area contributed by atoms with E-state index >= 15 is 0 Å². The third kappa shape index (κ3) is 25.7. The number of nitrogens with two attached hydrogens (primary N) is 1. The molecule has 0 spiro atoms. The molecule has 0 saturated carbocycles. The summed E-state index contributed by atoms with van der Waals surface area (Å²) in [5.41, 5.74) is 2.67. The van der Waals surface area contributed by atoms with Gasteiger partial charge in [0.1, 0.15) is 46.7 Å². The third-order valence-electron chi connectivity index (χ3n) is 8.17. The summed E-state index contributed by atoms with van der Waals surface area (Å²) in [6.07, 6.45) is 0.228. The number of rotatable bonds is 22. The Labute approximate surface area is 375 Å². The minimum atomic E-state index is -4.07. The Morgan fingerprint density at radius 1 is 0.778 bits per heavy atom. The molecule has 1 heterocycles. The van der Waals surface area contributed by atoms with Gasteiger partial charge in [0.25, 0.3) is 0 Å². The normalized spacial score (nSPS) is 13.7. The van der Waals surface area contributed by atoms with E-state index in [2.05, 4.69) is 20.7 Å². The molecule has 0 bridgehead atoms. The van der Waals surface area contributed by atoms with Crippen LogP contribution >= 0.6 is 11.6 Å². The van der Waals surface area contributed by atoms with E-state index in [0.29, 0.717) is 38.4 Å². The van der Waals surface area contributed by atoms with Gasteiger partial charge in [-0.2, -0.15) is 4.72 Å². The Morgan fingerprint density at radius 3 is 1.54 bits per heavy atom. The number of aliphatic hydroxyl groups excluding tert-OH is 2. The molecule has 3 aromatic rings. The molecule has 1 aliphatic heterocycles. The number of methoxy groups -OCH3 is 2. The Kier molecular flexibility index (Phi) is 27.2. The highest BCUT2D eigenvalue weighted by molar-refractivity contribution is 7.90. The summed E-state index contributed by atoms with van der Waals surface area (Å²) in [6.45, 7) is 11.3. The SMILES string of the molecule is COCCc1ccc(OCC(O)CNC(C)C)cc1.COCCc1ccc(OCC(O)CNC(C)C)cc1.NS(=O)(=O)c1cc2c(cc1Cl)NCNS2(=O)=O.O=C(O)CCC(=O)O. The number of hydrogen-bond donors (Lipinski definition) is 9. The van der Waals surface area contributed by atoms with Crippen molar-refractivity contribution in [2.75, 3.05) is 65.7 Å². The highest BCUT2D eigenvalue weighted by Gasteiger charge is 2.27. The van der Waals surface area contributed by atoms with Crippen molar-refractivity contribution in [3.05, 3.63) is 76.8 Å². The lowest BCUT2D eigenvalue weighted by Gasteiger charge is -2.20. The lowest BCUT2D eigenvalue weighted by atomic mass is 10.1. The molecule has 22 heteroatoms. The van der Waals surface area contributed by atoms with Gasteiger partial charge in [-0.3, -0.25) is 9.59 Å². The number of ether oxygens (including phenoxy) is 4. The lowest BCUT2D eigenvalue weighted by Crippen LogP contribution is -2.35. The Morgan fingerprint density at radius 2 is 1.19 bits per heavy atom. The minimum Gasteiger partial charge on any atom is -0.491 e.